The first-order chi connectivity index (χ1) is 10.4. The summed E-state index contributed by atoms with van der Waals surface area (Å²) in [5.41, 5.74) is 3.19. The van der Waals surface area contributed by atoms with Crippen molar-refractivity contribution in [2.24, 2.45) is 0 Å². The summed E-state index contributed by atoms with van der Waals surface area (Å²) >= 11 is 1.66. The predicted molar refractivity (Wildman–Crippen MR) is 88.8 cm³/mol. The van der Waals surface area contributed by atoms with Gasteiger partial charge in [0.25, 0.3) is 0 Å². The number of thiazole rings is 1. The van der Waals surface area contributed by atoms with Crippen LogP contribution in [0.1, 0.15) is 13.3 Å². The van der Waals surface area contributed by atoms with Gasteiger partial charge in [0.2, 0.25) is 0 Å². The van der Waals surface area contributed by atoms with E-state index in [0.717, 1.165) is 40.6 Å². The standard InChI is InChI=1S/C18H17NOS/c1-2-12-20-17-11-7-6-10-15(17)16-13-21-18(19-16)14-8-4-3-5-9-14/h3-11,13H,2,12H2,1H3. The molecule has 0 aliphatic rings. The van der Waals surface area contributed by atoms with Crippen LogP contribution in [0, 0.1) is 0 Å². The van der Waals surface area contributed by atoms with Gasteiger partial charge in [0.15, 0.2) is 0 Å². The first-order valence-corrected chi connectivity index (χ1v) is 7.99. The van der Waals surface area contributed by atoms with Gasteiger partial charge in [-0.1, -0.05) is 49.4 Å². The summed E-state index contributed by atoms with van der Waals surface area (Å²) in [5.74, 6) is 0.907. The molecule has 0 saturated carbocycles. The van der Waals surface area contributed by atoms with Crippen molar-refractivity contribution in [2.75, 3.05) is 6.61 Å². The van der Waals surface area contributed by atoms with Crippen molar-refractivity contribution in [1.29, 1.82) is 0 Å². The molecule has 3 heteroatoms. The fourth-order valence-electron chi connectivity index (χ4n) is 2.13. The smallest absolute Gasteiger partial charge is 0.128 e. The number of benzene rings is 2. The molecule has 0 saturated heterocycles. The highest BCUT2D eigenvalue weighted by atomic mass is 32.1. The Morgan fingerprint density at radius 2 is 1.76 bits per heavy atom. The van der Waals surface area contributed by atoms with Gasteiger partial charge in [-0.3, -0.25) is 0 Å². The van der Waals surface area contributed by atoms with Crippen molar-refractivity contribution < 1.29 is 4.74 Å². The van der Waals surface area contributed by atoms with Crippen molar-refractivity contribution in [1.82, 2.24) is 4.98 Å². The third-order valence-corrected chi connectivity index (χ3v) is 4.04. The number of aromatic nitrogens is 1. The highest BCUT2D eigenvalue weighted by Crippen LogP contribution is 2.33. The molecule has 0 bridgehead atoms. The molecule has 21 heavy (non-hydrogen) atoms. The van der Waals surface area contributed by atoms with Crippen molar-refractivity contribution in [2.45, 2.75) is 13.3 Å². The van der Waals surface area contributed by atoms with Crippen LogP contribution in [0.25, 0.3) is 21.8 Å². The molecule has 0 N–H and O–H groups in total. The quantitative estimate of drug-likeness (QED) is 0.640. The lowest BCUT2D eigenvalue weighted by Gasteiger charge is -2.08. The van der Waals surface area contributed by atoms with E-state index >= 15 is 0 Å². The zero-order valence-electron chi connectivity index (χ0n) is 12.0. The summed E-state index contributed by atoms with van der Waals surface area (Å²) in [5, 5.41) is 3.13. The molecule has 0 spiro atoms. The number of nitrogens with zero attached hydrogens (tertiary/aromatic N) is 1. The van der Waals surface area contributed by atoms with Crippen molar-refractivity contribution >= 4 is 11.3 Å². The number of para-hydroxylation sites is 1. The molecule has 0 aliphatic heterocycles. The second kappa shape index (κ2) is 6.55. The Bertz CT molecular complexity index is 706. The lowest BCUT2D eigenvalue weighted by atomic mass is 10.1. The minimum atomic E-state index is 0.729. The van der Waals surface area contributed by atoms with Gasteiger partial charge in [-0.2, -0.15) is 0 Å². The van der Waals surface area contributed by atoms with Crippen LogP contribution < -0.4 is 4.74 Å². The van der Waals surface area contributed by atoms with Gasteiger partial charge >= 0.3 is 0 Å². The van der Waals surface area contributed by atoms with E-state index in [4.69, 9.17) is 9.72 Å². The second-order valence-electron chi connectivity index (χ2n) is 4.75. The SMILES string of the molecule is CCCOc1ccccc1-c1csc(-c2ccccc2)n1. The fraction of sp³-hybridized carbons (Fsp3) is 0.167. The molecule has 0 aliphatic carbocycles. The van der Waals surface area contributed by atoms with Crippen LogP contribution in [0.15, 0.2) is 60.0 Å². The van der Waals surface area contributed by atoms with Gasteiger partial charge in [0, 0.05) is 16.5 Å². The van der Waals surface area contributed by atoms with Crippen LogP contribution in [0.5, 0.6) is 5.75 Å². The highest BCUT2D eigenvalue weighted by molar-refractivity contribution is 7.13. The molecular formula is C18H17NOS. The minimum Gasteiger partial charge on any atom is -0.493 e. The first kappa shape index (κ1) is 13.8. The predicted octanol–water partition coefficient (Wildman–Crippen LogP) is 5.27. The van der Waals surface area contributed by atoms with Gasteiger partial charge in [-0.25, -0.2) is 4.98 Å². The summed E-state index contributed by atoms with van der Waals surface area (Å²) < 4.78 is 5.82. The van der Waals surface area contributed by atoms with E-state index < -0.39 is 0 Å². The molecule has 0 amide bonds. The topological polar surface area (TPSA) is 22.1 Å². The molecule has 2 aromatic carbocycles. The maximum absolute atomic E-state index is 5.82. The Kier molecular flexibility index (Phi) is 4.31. The molecule has 1 aromatic heterocycles. The first-order valence-electron chi connectivity index (χ1n) is 7.11. The molecule has 0 fully saturated rings. The van der Waals surface area contributed by atoms with E-state index in [1.54, 1.807) is 11.3 Å². The third-order valence-electron chi connectivity index (χ3n) is 3.15. The monoisotopic (exact) mass is 295 g/mol. The van der Waals surface area contributed by atoms with Gasteiger partial charge in [0.1, 0.15) is 10.8 Å². The number of hydrogen-bond donors (Lipinski definition) is 0. The van der Waals surface area contributed by atoms with Gasteiger partial charge < -0.3 is 4.74 Å². The average Bonchev–Trinajstić information content (AvgIpc) is 3.04. The number of hydrogen-bond acceptors (Lipinski definition) is 3. The van der Waals surface area contributed by atoms with Gasteiger partial charge in [-0.05, 0) is 18.6 Å². The van der Waals surface area contributed by atoms with E-state index in [1.807, 2.05) is 36.4 Å². The Morgan fingerprint density at radius 3 is 2.57 bits per heavy atom. The lowest BCUT2D eigenvalue weighted by molar-refractivity contribution is 0.318. The van der Waals surface area contributed by atoms with Gasteiger partial charge in [0.05, 0.1) is 12.3 Å². The summed E-state index contributed by atoms with van der Waals surface area (Å²) in [6.45, 7) is 2.84. The highest BCUT2D eigenvalue weighted by Gasteiger charge is 2.10. The molecule has 2 nitrogen and oxygen atoms in total. The van der Waals surface area contributed by atoms with E-state index in [-0.39, 0.29) is 0 Å². The maximum atomic E-state index is 5.82. The van der Waals surface area contributed by atoms with E-state index in [9.17, 15) is 0 Å². The second-order valence-corrected chi connectivity index (χ2v) is 5.61. The van der Waals surface area contributed by atoms with Crippen molar-refractivity contribution in [3.05, 3.63) is 60.0 Å². The molecule has 3 aromatic rings. The zero-order chi connectivity index (χ0) is 14.5. The van der Waals surface area contributed by atoms with Crippen LogP contribution in [-0.4, -0.2) is 11.6 Å². The largest absolute Gasteiger partial charge is 0.493 e. The van der Waals surface area contributed by atoms with Crippen LogP contribution in [0.4, 0.5) is 0 Å². The minimum absolute atomic E-state index is 0.729. The Balaban J connectivity index is 1.93. The maximum Gasteiger partial charge on any atom is 0.128 e. The fourth-order valence-corrected chi connectivity index (χ4v) is 2.95. The molecule has 0 radical (unpaired) electrons. The number of ether oxygens (including phenoxy) is 1. The van der Waals surface area contributed by atoms with Gasteiger partial charge in [-0.15, -0.1) is 11.3 Å². The molecule has 106 valence electrons. The third kappa shape index (κ3) is 3.14. The average molecular weight is 295 g/mol. The normalized spacial score (nSPS) is 10.5. The van der Waals surface area contributed by atoms with Crippen molar-refractivity contribution in [3.63, 3.8) is 0 Å². The lowest BCUT2D eigenvalue weighted by Crippen LogP contribution is -1.96. The van der Waals surface area contributed by atoms with Crippen molar-refractivity contribution in [3.8, 4) is 27.6 Å². The number of rotatable bonds is 5. The van der Waals surface area contributed by atoms with Crippen LogP contribution >= 0.6 is 11.3 Å². The Hall–Kier alpha value is -2.13. The van der Waals surface area contributed by atoms with Crippen LogP contribution in [0.3, 0.4) is 0 Å². The summed E-state index contributed by atoms with van der Waals surface area (Å²) in [6.07, 6.45) is 1.00. The zero-order valence-corrected chi connectivity index (χ0v) is 12.8. The van der Waals surface area contributed by atoms with E-state index in [0.29, 0.717) is 0 Å². The van der Waals surface area contributed by atoms with E-state index in [1.165, 1.54) is 0 Å². The van der Waals surface area contributed by atoms with Crippen LogP contribution in [0.2, 0.25) is 0 Å². The molecular weight excluding hydrogens is 278 g/mol. The summed E-state index contributed by atoms with van der Waals surface area (Å²) in [7, 11) is 0. The summed E-state index contributed by atoms with van der Waals surface area (Å²) in [6, 6.07) is 18.4. The van der Waals surface area contributed by atoms with Crippen LogP contribution in [-0.2, 0) is 0 Å². The Labute approximate surface area is 129 Å². The Morgan fingerprint density at radius 1 is 1.00 bits per heavy atom. The molecule has 3 rings (SSSR count). The van der Waals surface area contributed by atoms with E-state index in [2.05, 4.69) is 30.5 Å². The summed E-state index contributed by atoms with van der Waals surface area (Å²) in [4.78, 5) is 4.76. The molecule has 1 heterocycles. The molecule has 0 unspecified atom stereocenters. The molecule has 0 atom stereocenters.